The van der Waals surface area contributed by atoms with E-state index in [0.717, 1.165) is 6.54 Å². The maximum atomic E-state index is 4.25. The van der Waals surface area contributed by atoms with Crippen molar-refractivity contribution in [2.75, 3.05) is 6.54 Å². The highest BCUT2D eigenvalue weighted by atomic mass is 15.2. The molecule has 1 atom stereocenters. The van der Waals surface area contributed by atoms with E-state index in [9.17, 15) is 0 Å². The lowest BCUT2D eigenvalue weighted by molar-refractivity contribution is 0.627. The lowest BCUT2D eigenvalue weighted by Crippen LogP contribution is -2.22. The van der Waals surface area contributed by atoms with Crippen LogP contribution in [0, 0.1) is 6.92 Å². The zero-order valence-electron chi connectivity index (χ0n) is 10.6. The number of nitrogens with zero attached hydrogens (tertiary/aromatic N) is 2. The van der Waals surface area contributed by atoms with E-state index < -0.39 is 0 Å². The largest absolute Gasteiger partial charge is 0.306 e. The Labute approximate surface area is 102 Å². The molecular formula is C14H19N3. The number of aromatic nitrogens is 2. The summed E-state index contributed by atoms with van der Waals surface area (Å²) in [5.41, 5.74) is 3.84. The van der Waals surface area contributed by atoms with Crippen LogP contribution in [0.2, 0.25) is 0 Å². The first-order valence-electron chi connectivity index (χ1n) is 5.99. The van der Waals surface area contributed by atoms with Gasteiger partial charge in [-0.3, -0.25) is 4.68 Å². The van der Waals surface area contributed by atoms with Crippen LogP contribution in [0.5, 0.6) is 0 Å². The van der Waals surface area contributed by atoms with Crippen LogP contribution in [0.15, 0.2) is 36.7 Å². The number of aryl methyl sites for hydroxylation is 2. The molecular weight excluding hydrogens is 210 g/mol. The molecule has 0 saturated carbocycles. The summed E-state index contributed by atoms with van der Waals surface area (Å²) in [5, 5.41) is 7.77. The van der Waals surface area contributed by atoms with Gasteiger partial charge in [0, 0.05) is 18.8 Å². The molecule has 0 aliphatic rings. The van der Waals surface area contributed by atoms with E-state index in [4.69, 9.17) is 0 Å². The number of nitrogens with one attached hydrogen (secondary N) is 1. The highest BCUT2D eigenvalue weighted by Crippen LogP contribution is 2.24. The zero-order valence-corrected chi connectivity index (χ0v) is 10.6. The first kappa shape index (κ1) is 11.9. The quantitative estimate of drug-likeness (QED) is 0.872. The number of hydrogen-bond donors (Lipinski definition) is 1. The van der Waals surface area contributed by atoms with Crippen molar-refractivity contribution in [2.45, 2.75) is 19.9 Å². The molecule has 0 saturated heterocycles. The van der Waals surface area contributed by atoms with E-state index in [1.54, 1.807) is 0 Å². The van der Waals surface area contributed by atoms with Crippen LogP contribution in [0.4, 0.5) is 0 Å². The fourth-order valence-electron chi connectivity index (χ4n) is 2.11. The van der Waals surface area contributed by atoms with Crippen molar-refractivity contribution in [3.05, 3.63) is 53.3 Å². The number of hydrogen-bond acceptors (Lipinski definition) is 2. The summed E-state index contributed by atoms with van der Waals surface area (Å²) in [4.78, 5) is 0. The van der Waals surface area contributed by atoms with Crippen LogP contribution in [-0.2, 0) is 7.05 Å². The average molecular weight is 229 g/mol. The number of rotatable bonds is 4. The lowest BCUT2D eigenvalue weighted by atomic mass is 9.97. The minimum absolute atomic E-state index is 0.231. The average Bonchev–Trinajstić information content (AvgIpc) is 2.74. The third-order valence-corrected chi connectivity index (χ3v) is 2.97. The van der Waals surface area contributed by atoms with E-state index in [1.807, 2.05) is 17.9 Å². The molecule has 1 aromatic carbocycles. The predicted molar refractivity (Wildman–Crippen MR) is 69.9 cm³/mol. The maximum absolute atomic E-state index is 4.25. The van der Waals surface area contributed by atoms with Crippen LogP contribution >= 0.6 is 0 Å². The second-order valence-corrected chi connectivity index (χ2v) is 4.29. The first-order valence-corrected chi connectivity index (χ1v) is 5.99. The van der Waals surface area contributed by atoms with E-state index in [2.05, 4.69) is 54.7 Å². The molecule has 0 fully saturated rings. The third-order valence-electron chi connectivity index (χ3n) is 2.97. The molecule has 1 unspecified atom stereocenters. The Morgan fingerprint density at radius 1 is 1.35 bits per heavy atom. The standard InChI is InChI=1S/C14H19N3/c1-4-15-14(12-9-16-17(3)10-12)13-8-6-5-7-11(13)2/h5-10,14-15H,4H2,1-3H3. The third kappa shape index (κ3) is 2.56. The van der Waals surface area contributed by atoms with Gasteiger partial charge < -0.3 is 5.32 Å². The monoisotopic (exact) mass is 229 g/mol. The van der Waals surface area contributed by atoms with Crippen molar-refractivity contribution in [1.29, 1.82) is 0 Å². The van der Waals surface area contributed by atoms with Gasteiger partial charge in [0.15, 0.2) is 0 Å². The second kappa shape index (κ2) is 5.15. The van der Waals surface area contributed by atoms with Crippen molar-refractivity contribution in [3.63, 3.8) is 0 Å². The number of benzene rings is 1. The van der Waals surface area contributed by atoms with E-state index in [1.165, 1.54) is 16.7 Å². The zero-order chi connectivity index (χ0) is 12.3. The highest BCUT2D eigenvalue weighted by Gasteiger charge is 2.15. The molecule has 17 heavy (non-hydrogen) atoms. The van der Waals surface area contributed by atoms with Crippen molar-refractivity contribution in [1.82, 2.24) is 15.1 Å². The van der Waals surface area contributed by atoms with E-state index in [-0.39, 0.29) is 6.04 Å². The van der Waals surface area contributed by atoms with Gasteiger partial charge >= 0.3 is 0 Å². The van der Waals surface area contributed by atoms with Crippen LogP contribution in [0.3, 0.4) is 0 Å². The van der Waals surface area contributed by atoms with Gasteiger partial charge in [0.1, 0.15) is 0 Å². The fourth-order valence-corrected chi connectivity index (χ4v) is 2.11. The lowest BCUT2D eigenvalue weighted by Gasteiger charge is -2.19. The van der Waals surface area contributed by atoms with Gasteiger partial charge in [-0.05, 0) is 24.6 Å². The summed E-state index contributed by atoms with van der Waals surface area (Å²) < 4.78 is 1.85. The summed E-state index contributed by atoms with van der Waals surface area (Å²) in [7, 11) is 1.95. The van der Waals surface area contributed by atoms with Gasteiger partial charge in [-0.2, -0.15) is 5.10 Å². The summed E-state index contributed by atoms with van der Waals surface area (Å²) in [5.74, 6) is 0. The van der Waals surface area contributed by atoms with Crippen LogP contribution in [0.25, 0.3) is 0 Å². The normalized spacial score (nSPS) is 12.6. The Hall–Kier alpha value is -1.61. The van der Waals surface area contributed by atoms with Crippen molar-refractivity contribution in [2.24, 2.45) is 7.05 Å². The SMILES string of the molecule is CCNC(c1cnn(C)c1)c1ccccc1C. The van der Waals surface area contributed by atoms with Gasteiger partial charge in [-0.25, -0.2) is 0 Å². The minimum atomic E-state index is 0.231. The Bertz CT molecular complexity index is 488. The Morgan fingerprint density at radius 2 is 2.12 bits per heavy atom. The van der Waals surface area contributed by atoms with Gasteiger partial charge in [0.05, 0.1) is 12.2 Å². The molecule has 1 aromatic heterocycles. The van der Waals surface area contributed by atoms with Crippen LogP contribution in [-0.4, -0.2) is 16.3 Å². The molecule has 1 heterocycles. The van der Waals surface area contributed by atoms with Crippen molar-refractivity contribution >= 4 is 0 Å². The maximum Gasteiger partial charge on any atom is 0.0610 e. The molecule has 0 aliphatic carbocycles. The molecule has 0 spiro atoms. The first-order chi connectivity index (χ1) is 8.22. The Kier molecular flexibility index (Phi) is 3.59. The molecule has 3 heteroatoms. The topological polar surface area (TPSA) is 29.9 Å². The molecule has 0 amide bonds. The predicted octanol–water partition coefficient (Wildman–Crippen LogP) is 2.43. The molecule has 1 N–H and O–H groups in total. The van der Waals surface area contributed by atoms with Gasteiger partial charge in [0.2, 0.25) is 0 Å². The summed E-state index contributed by atoms with van der Waals surface area (Å²) in [6.45, 7) is 5.21. The fraction of sp³-hybridized carbons (Fsp3) is 0.357. The van der Waals surface area contributed by atoms with E-state index >= 15 is 0 Å². The second-order valence-electron chi connectivity index (χ2n) is 4.29. The molecule has 0 radical (unpaired) electrons. The van der Waals surface area contributed by atoms with E-state index in [0.29, 0.717) is 0 Å². The van der Waals surface area contributed by atoms with Gasteiger partial charge in [0.25, 0.3) is 0 Å². The highest BCUT2D eigenvalue weighted by molar-refractivity contribution is 5.35. The molecule has 90 valence electrons. The van der Waals surface area contributed by atoms with Crippen molar-refractivity contribution < 1.29 is 0 Å². The molecule has 0 bridgehead atoms. The minimum Gasteiger partial charge on any atom is -0.306 e. The Morgan fingerprint density at radius 3 is 2.71 bits per heavy atom. The summed E-state index contributed by atoms with van der Waals surface area (Å²) in [6, 6.07) is 8.72. The van der Waals surface area contributed by atoms with Crippen LogP contribution in [0.1, 0.15) is 29.7 Å². The van der Waals surface area contributed by atoms with Crippen molar-refractivity contribution in [3.8, 4) is 0 Å². The summed E-state index contributed by atoms with van der Waals surface area (Å²) >= 11 is 0. The summed E-state index contributed by atoms with van der Waals surface area (Å²) in [6.07, 6.45) is 4.00. The van der Waals surface area contributed by atoms with Gasteiger partial charge in [-0.15, -0.1) is 0 Å². The molecule has 2 rings (SSSR count). The molecule has 0 aliphatic heterocycles. The Balaban J connectivity index is 2.39. The van der Waals surface area contributed by atoms with Crippen LogP contribution < -0.4 is 5.32 Å². The van der Waals surface area contributed by atoms with Gasteiger partial charge in [-0.1, -0.05) is 31.2 Å². The smallest absolute Gasteiger partial charge is 0.0610 e. The molecule has 2 aromatic rings. The molecule has 3 nitrogen and oxygen atoms in total.